The van der Waals surface area contributed by atoms with E-state index in [1.807, 2.05) is 6.92 Å². The summed E-state index contributed by atoms with van der Waals surface area (Å²) in [4.78, 5) is 23.7. The van der Waals surface area contributed by atoms with Gasteiger partial charge < -0.3 is 24.6 Å². The van der Waals surface area contributed by atoms with E-state index in [2.05, 4.69) is 5.32 Å². The Kier molecular flexibility index (Phi) is 7.47. The molecule has 0 bridgehead atoms. The molecule has 2 aromatic carbocycles. The number of carbonyl (C=O) groups excluding carboxylic acids is 2. The lowest BCUT2D eigenvalue weighted by Gasteiger charge is -2.18. The second-order valence-electron chi connectivity index (χ2n) is 6.56. The van der Waals surface area contributed by atoms with Crippen LogP contribution in [0.5, 0.6) is 23.0 Å². The Morgan fingerprint density at radius 1 is 0.966 bits per heavy atom. The van der Waals surface area contributed by atoms with Gasteiger partial charge in [0.05, 0.1) is 26.5 Å². The van der Waals surface area contributed by atoms with Crippen molar-refractivity contribution in [2.24, 2.45) is 0 Å². The van der Waals surface area contributed by atoms with Crippen LogP contribution in [-0.4, -0.2) is 37.5 Å². The Morgan fingerprint density at radius 2 is 1.55 bits per heavy atom. The Hall–Kier alpha value is -3.22. The Morgan fingerprint density at radius 3 is 2.10 bits per heavy atom. The van der Waals surface area contributed by atoms with E-state index in [0.717, 1.165) is 6.42 Å². The molecule has 7 heteroatoms. The van der Waals surface area contributed by atoms with Gasteiger partial charge in [-0.05, 0) is 44.5 Å². The van der Waals surface area contributed by atoms with Crippen molar-refractivity contribution in [3.63, 3.8) is 0 Å². The summed E-state index contributed by atoms with van der Waals surface area (Å²) in [5.41, 5.74) is 1.92. The zero-order chi connectivity index (χ0) is 21.6. The third kappa shape index (κ3) is 5.19. The summed E-state index contributed by atoms with van der Waals surface area (Å²) in [6.07, 6.45) is 0.801. The summed E-state index contributed by atoms with van der Waals surface area (Å²) < 4.78 is 16.4. The average Bonchev–Trinajstić information content (AvgIpc) is 2.70. The highest BCUT2D eigenvalue weighted by Crippen LogP contribution is 2.38. The maximum Gasteiger partial charge on any atom is 0.184 e. The lowest BCUT2D eigenvalue weighted by atomic mass is 10.1. The zero-order valence-corrected chi connectivity index (χ0v) is 17.4. The Labute approximate surface area is 170 Å². The summed E-state index contributed by atoms with van der Waals surface area (Å²) >= 11 is 0. The van der Waals surface area contributed by atoms with Crippen LogP contribution >= 0.6 is 0 Å². The van der Waals surface area contributed by atoms with E-state index >= 15 is 0 Å². The van der Waals surface area contributed by atoms with E-state index in [1.54, 1.807) is 18.2 Å². The number of phenols is 1. The van der Waals surface area contributed by atoms with Gasteiger partial charge in [0, 0.05) is 23.2 Å². The van der Waals surface area contributed by atoms with Crippen molar-refractivity contribution in [1.82, 2.24) is 0 Å². The molecule has 0 amide bonds. The van der Waals surface area contributed by atoms with Crippen molar-refractivity contribution in [2.45, 2.75) is 33.7 Å². The maximum absolute atomic E-state index is 11.9. The quantitative estimate of drug-likeness (QED) is 0.576. The topological polar surface area (TPSA) is 94.1 Å². The summed E-state index contributed by atoms with van der Waals surface area (Å²) in [7, 11) is 2.93. The largest absolute Gasteiger partial charge is 0.504 e. The lowest BCUT2D eigenvalue weighted by molar-refractivity contribution is 0.100. The molecule has 0 atom stereocenters. The molecular weight excluding hydrogens is 374 g/mol. The van der Waals surface area contributed by atoms with Gasteiger partial charge >= 0.3 is 0 Å². The van der Waals surface area contributed by atoms with Crippen molar-refractivity contribution in [3.05, 3.63) is 41.0 Å². The number of aromatic hydroxyl groups is 1. The number of rotatable bonds is 10. The van der Waals surface area contributed by atoms with Gasteiger partial charge in [-0.3, -0.25) is 9.59 Å². The number of hydrogen-bond acceptors (Lipinski definition) is 7. The molecule has 0 spiro atoms. The van der Waals surface area contributed by atoms with Crippen LogP contribution in [0.2, 0.25) is 0 Å². The van der Waals surface area contributed by atoms with Crippen LogP contribution in [0.3, 0.4) is 0 Å². The molecule has 0 aliphatic carbocycles. The molecule has 0 aromatic heterocycles. The zero-order valence-electron chi connectivity index (χ0n) is 17.4. The molecule has 0 saturated heterocycles. The second kappa shape index (κ2) is 9.82. The minimum absolute atomic E-state index is 0.0595. The van der Waals surface area contributed by atoms with E-state index in [-0.39, 0.29) is 29.6 Å². The first kappa shape index (κ1) is 22.1. The number of ketones is 2. The van der Waals surface area contributed by atoms with Gasteiger partial charge in [-0.15, -0.1) is 0 Å². The molecule has 0 radical (unpaired) electrons. The minimum atomic E-state index is -0.142. The molecule has 2 N–H and O–H groups in total. The number of ether oxygens (including phenoxy) is 3. The van der Waals surface area contributed by atoms with Crippen molar-refractivity contribution >= 4 is 17.3 Å². The molecule has 0 unspecified atom stereocenters. The van der Waals surface area contributed by atoms with Gasteiger partial charge in [-0.1, -0.05) is 6.92 Å². The number of methoxy groups -OCH3 is 2. The fourth-order valence-corrected chi connectivity index (χ4v) is 2.79. The van der Waals surface area contributed by atoms with Crippen molar-refractivity contribution < 1.29 is 28.9 Å². The number of Topliss-reactive ketones (excluding diaryl/α,β-unsaturated/α-hetero) is 2. The molecular formula is C22H27NO6. The van der Waals surface area contributed by atoms with Crippen molar-refractivity contribution in [2.75, 3.05) is 26.1 Å². The lowest BCUT2D eigenvalue weighted by Crippen LogP contribution is -2.08. The molecule has 0 aliphatic rings. The average molecular weight is 401 g/mol. The van der Waals surface area contributed by atoms with E-state index in [0.29, 0.717) is 40.5 Å². The summed E-state index contributed by atoms with van der Waals surface area (Å²) in [5.74, 6) is 0.817. The number of phenolic OH excluding ortho intramolecular Hbond substituents is 1. The van der Waals surface area contributed by atoms with Gasteiger partial charge in [-0.2, -0.15) is 0 Å². The predicted octanol–water partition coefficient (Wildman–Crippen LogP) is 4.22. The first-order chi connectivity index (χ1) is 13.8. The van der Waals surface area contributed by atoms with Crippen LogP contribution in [0.1, 0.15) is 53.5 Å². The van der Waals surface area contributed by atoms with Crippen LogP contribution in [0.15, 0.2) is 24.3 Å². The van der Waals surface area contributed by atoms with Gasteiger partial charge in [0.15, 0.2) is 34.6 Å². The van der Waals surface area contributed by atoms with E-state index in [1.165, 1.54) is 34.1 Å². The minimum Gasteiger partial charge on any atom is -0.504 e. The van der Waals surface area contributed by atoms with Gasteiger partial charge in [0.1, 0.15) is 0 Å². The first-order valence-corrected chi connectivity index (χ1v) is 9.32. The van der Waals surface area contributed by atoms with Crippen LogP contribution < -0.4 is 19.5 Å². The standard InChI is InChI=1S/C22H27NO6/c1-6-7-29-22-18(9-16(14(3)25)11-20(22)28-5)23-12-17-8-15(13(2)24)10-19(27-4)21(17)26/h8-11,23,26H,6-7,12H2,1-5H3. The number of benzene rings is 2. The fourth-order valence-electron chi connectivity index (χ4n) is 2.79. The summed E-state index contributed by atoms with van der Waals surface area (Å²) in [6.45, 7) is 5.56. The van der Waals surface area contributed by atoms with E-state index < -0.39 is 0 Å². The molecule has 0 heterocycles. The third-order valence-electron chi connectivity index (χ3n) is 4.38. The Balaban J connectivity index is 2.45. The van der Waals surface area contributed by atoms with E-state index in [9.17, 15) is 14.7 Å². The van der Waals surface area contributed by atoms with Gasteiger partial charge in [0.25, 0.3) is 0 Å². The van der Waals surface area contributed by atoms with Crippen LogP contribution in [0.25, 0.3) is 0 Å². The highest BCUT2D eigenvalue weighted by Gasteiger charge is 2.17. The smallest absolute Gasteiger partial charge is 0.184 e. The molecule has 0 saturated carbocycles. The third-order valence-corrected chi connectivity index (χ3v) is 4.38. The van der Waals surface area contributed by atoms with Crippen LogP contribution in [-0.2, 0) is 6.54 Å². The molecule has 156 valence electrons. The van der Waals surface area contributed by atoms with Crippen LogP contribution in [0.4, 0.5) is 5.69 Å². The molecule has 29 heavy (non-hydrogen) atoms. The molecule has 0 fully saturated rings. The molecule has 2 aromatic rings. The first-order valence-electron chi connectivity index (χ1n) is 9.32. The SMILES string of the molecule is CCCOc1c(NCc2cc(C(C)=O)cc(OC)c2O)cc(C(C)=O)cc1OC. The van der Waals surface area contributed by atoms with Crippen molar-refractivity contribution in [1.29, 1.82) is 0 Å². The molecule has 0 aliphatic heterocycles. The Bertz CT molecular complexity index is 907. The van der Waals surface area contributed by atoms with Crippen molar-refractivity contribution in [3.8, 4) is 23.0 Å². The maximum atomic E-state index is 11.9. The summed E-state index contributed by atoms with van der Waals surface area (Å²) in [6, 6.07) is 6.41. The number of hydrogen-bond donors (Lipinski definition) is 2. The normalized spacial score (nSPS) is 10.4. The fraction of sp³-hybridized carbons (Fsp3) is 0.364. The monoisotopic (exact) mass is 401 g/mol. The van der Waals surface area contributed by atoms with Gasteiger partial charge in [-0.25, -0.2) is 0 Å². The van der Waals surface area contributed by atoms with E-state index in [4.69, 9.17) is 14.2 Å². The highest BCUT2D eigenvalue weighted by atomic mass is 16.5. The number of anilines is 1. The summed E-state index contributed by atoms with van der Waals surface area (Å²) in [5, 5.41) is 13.6. The highest BCUT2D eigenvalue weighted by molar-refractivity contribution is 5.96. The second-order valence-corrected chi connectivity index (χ2v) is 6.56. The number of nitrogens with one attached hydrogen (secondary N) is 1. The molecule has 7 nitrogen and oxygen atoms in total. The predicted molar refractivity (Wildman–Crippen MR) is 111 cm³/mol. The number of carbonyl (C=O) groups is 2. The molecule has 2 rings (SSSR count). The van der Waals surface area contributed by atoms with Gasteiger partial charge in [0.2, 0.25) is 0 Å². The van der Waals surface area contributed by atoms with Crippen LogP contribution in [0, 0.1) is 0 Å².